The zero-order valence-electron chi connectivity index (χ0n) is 16.1. The average Bonchev–Trinajstić information content (AvgIpc) is 3.32. The number of anilines is 1. The Balaban J connectivity index is 0.00000280. The van der Waals surface area contributed by atoms with Crippen LogP contribution in [0.1, 0.15) is 26.2 Å². The first-order valence-corrected chi connectivity index (χ1v) is 9.60. The van der Waals surface area contributed by atoms with E-state index in [4.69, 9.17) is 0 Å². The molecule has 1 atom stereocenters. The number of likely N-dealkylation sites (tertiary alicyclic amines) is 1. The van der Waals surface area contributed by atoms with E-state index in [-0.39, 0.29) is 48.2 Å². The molecule has 2 heterocycles. The fraction of sp³-hybridized carbons (Fsp3) is 0.579. The van der Waals surface area contributed by atoms with Gasteiger partial charge >= 0.3 is 0 Å². The maximum Gasteiger partial charge on any atom is 0.244 e. The molecule has 28 heavy (non-hydrogen) atoms. The van der Waals surface area contributed by atoms with Crippen LogP contribution in [0.5, 0.6) is 0 Å². The molecule has 2 aliphatic rings. The van der Waals surface area contributed by atoms with E-state index < -0.39 is 11.6 Å². The lowest BCUT2D eigenvalue weighted by Crippen LogP contribution is -2.45. The molecule has 0 bridgehead atoms. The lowest BCUT2D eigenvalue weighted by Gasteiger charge is -2.21. The molecule has 6 nitrogen and oxygen atoms in total. The largest absolute Gasteiger partial charge is 0.365 e. The van der Waals surface area contributed by atoms with Crippen LogP contribution in [0.4, 0.5) is 14.5 Å². The molecule has 0 spiro atoms. The minimum atomic E-state index is -0.549. The summed E-state index contributed by atoms with van der Waals surface area (Å²) in [6.07, 6.45) is 2.84. The Bertz CT molecular complexity index is 677. The summed E-state index contributed by atoms with van der Waals surface area (Å²) in [6.45, 7) is 5.38. The number of halogens is 3. The highest BCUT2D eigenvalue weighted by Crippen LogP contribution is 2.26. The third-order valence-electron chi connectivity index (χ3n) is 4.96. The lowest BCUT2D eigenvalue weighted by molar-refractivity contribution is -0.128. The Morgan fingerprint density at radius 1 is 1.21 bits per heavy atom. The first-order chi connectivity index (χ1) is 13.1. The van der Waals surface area contributed by atoms with Gasteiger partial charge in [-0.2, -0.15) is 0 Å². The second-order valence-electron chi connectivity index (χ2n) is 6.93. The van der Waals surface area contributed by atoms with Gasteiger partial charge < -0.3 is 20.4 Å². The van der Waals surface area contributed by atoms with Gasteiger partial charge in [-0.05, 0) is 38.3 Å². The van der Waals surface area contributed by atoms with E-state index in [9.17, 15) is 13.6 Å². The number of benzene rings is 1. The Kier molecular flexibility index (Phi) is 8.71. The van der Waals surface area contributed by atoms with Crippen LogP contribution in [0.2, 0.25) is 0 Å². The van der Waals surface area contributed by atoms with Crippen LogP contribution in [-0.4, -0.2) is 62.1 Å². The van der Waals surface area contributed by atoms with Crippen molar-refractivity contribution in [1.29, 1.82) is 0 Å². The van der Waals surface area contributed by atoms with E-state index in [1.54, 1.807) is 4.90 Å². The quantitative estimate of drug-likeness (QED) is 0.365. The summed E-state index contributed by atoms with van der Waals surface area (Å²) in [4.78, 5) is 20.1. The van der Waals surface area contributed by atoms with E-state index in [0.29, 0.717) is 25.6 Å². The number of nitrogens with one attached hydrogen (secondary N) is 2. The Morgan fingerprint density at radius 3 is 2.54 bits per heavy atom. The summed E-state index contributed by atoms with van der Waals surface area (Å²) in [5.74, 6) is -0.503. The molecule has 9 heteroatoms. The van der Waals surface area contributed by atoms with Crippen LogP contribution >= 0.6 is 24.0 Å². The van der Waals surface area contributed by atoms with E-state index in [0.717, 1.165) is 32.4 Å². The first kappa shape index (κ1) is 22.6. The fourth-order valence-electron chi connectivity index (χ4n) is 3.60. The summed E-state index contributed by atoms with van der Waals surface area (Å²) in [6, 6.07) is 3.92. The van der Waals surface area contributed by atoms with E-state index >= 15 is 0 Å². The van der Waals surface area contributed by atoms with E-state index in [1.165, 1.54) is 18.2 Å². The van der Waals surface area contributed by atoms with E-state index in [2.05, 4.69) is 15.6 Å². The second-order valence-corrected chi connectivity index (χ2v) is 6.93. The van der Waals surface area contributed by atoms with Gasteiger partial charge in [0.2, 0.25) is 5.91 Å². The first-order valence-electron chi connectivity index (χ1n) is 9.60. The van der Waals surface area contributed by atoms with Crippen LogP contribution in [0.15, 0.2) is 23.2 Å². The minimum absolute atomic E-state index is 0. The molecule has 1 aromatic rings. The molecule has 0 aromatic heterocycles. The van der Waals surface area contributed by atoms with Crippen molar-refractivity contribution >= 4 is 41.5 Å². The van der Waals surface area contributed by atoms with Crippen LogP contribution in [-0.2, 0) is 4.79 Å². The Hall–Kier alpha value is -1.65. The highest BCUT2D eigenvalue weighted by Gasteiger charge is 2.27. The minimum Gasteiger partial charge on any atom is -0.365 e. The predicted molar refractivity (Wildman–Crippen MR) is 117 cm³/mol. The number of aliphatic imine (C=N–C) groups is 1. The van der Waals surface area contributed by atoms with Crippen LogP contribution < -0.4 is 15.5 Å². The molecular formula is C19H28F2IN5O. The monoisotopic (exact) mass is 507 g/mol. The number of para-hydroxylation sites is 1. The molecule has 2 aliphatic heterocycles. The fourth-order valence-corrected chi connectivity index (χ4v) is 3.60. The number of carbonyl (C=O) groups is 1. The SMILES string of the molecule is CCNC(=NCC(=O)N1CCCC1)NC1CCN(c2c(F)cccc2F)C1.I. The van der Waals surface area contributed by atoms with Crippen molar-refractivity contribution in [2.24, 2.45) is 4.99 Å². The van der Waals surface area contributed by atoms with Gasteiger partial charge in [0.1, 0.15) is 23.9 Å². The van der Waals surface area contributed by atoms with Crippen LogP contribution in [0, 0.1) is 11.6 Å². The second kappa shape index (κ2) is 10.8. The summed E-state index contributed by atoms with van der Waals surface area (Å²) < 4.78 is 28.0. The van der Waals surface area contributed by atoms with Crippen molar-refractivity contribution in [2.75, 3.05) is 44.2 Å². The van der Waals surface area contributed by atoms with Gasteiger partial charge in [-0.1, -0.05) is 6.07 Å². The third-order valence-corrected chi connectivity index (χ3v) is 4.96. The van der Waals surface area contributed by atoms with Gasteiger partial charge in [0.25, 0.3) is 0 Å². The number of hydrogen-bond donors (Lipinski definition) is 2. The number of amides is 1. The summed E-state index contributed by atoms with van der Waals surface area (Å²) >= 11 is 0. The molecule has 1 unspecified atom stereocenters. The number of hydrogen-bond acceptors (Lipinski definition) is 3. The molecule has 1 aromatic carbocycles. The van der Waals surface area contributed by atoms with Crippen molar-refractivity contribution in [1.82, 2.24) is 15.5 Å². The molecule has 0 aliphatic carbocycles. The van der Waals surface area contributed by atoms with Gasteiger partial charge in [0, 0.05) is 38.8 Å². The standard InChI is InChI=1S/C19H27F2N5O.HI/c1-2-22-19(23-12-17(27)25-9-3-4-10-25)24-14-8-11-26(13-14)18-15(20)6-5-7-16(18)21;/h5-7,14H,2-4,8-13H2,1H3,(H2,22,23,24);1H. The van der Waals surface area contributed by atoms with Crippen molar-refractivity contribution < 1.29 is 13.6 Å². The van der Waals surface area contributed by atoms with Gasteiger partial charge in [-0.25, -0.2) is 13.8 Å². The lowest BCUT2D eigenvalue weighted by atomic mass is 10.2. The molecule has 2 saturated heterocycles. The molecule has 0 saturated carbocycles. The van der Waals surface area contributed by atoms with Gasteiger partial charge in [-0.15, -0.1) is 24.0 Å². The summed E-state index contributed by atoms with van der Waals surface area (Å²) in [5, 5.41) is 6.42. The zero-order chi connectivity index (χ0) is 19.2. The highest BCUT2D eigenvalue weighted by atomic mass is 127. The maximum absolute atomic E-state index is 14.0. The molecule has 156 valence electrons. The number of nitrogens with zero attached hydrogens (tertiary/aromatic N) is 3. The molecular weight excluding hydrogens is 479 g/mol. The molecule has 2 fully saturated rings. The average molecular weight is 507 g/mol. The molecule has 0 radical (unpaired) electrons. The topological polar surface area (TPSA) is 60.0 Å². The number of carbonyl (C=O) groups excluding carboxylic acids is 1. The predicted octanol–water partition coefficient (Wildman–Crippen LogP) is 2.34. The van der Waals surface area contributed by atoms with Crippen molar-refractivity contribution in [3.8, 4) is 0 Å². The van der Waals surface area contributed by atoms with Crippen molar-refractivity contribution in [3.63, 3.8) is 0 Å². The maximum atomic E-state index is 14.0. The van der Waals surface area contributed by atoms with Crippen molar-refractivity contribution in [2.45, 2.75) is 32.2 Å². The normalized spacial score (nSPS) is 19.5. The summed E-state index contributed by atoms with van der Waals surface area (Å²) in [5.41, 5.74) is 0.0213. The number of guanidine groups is 1. The Labute approximate surface area is 181 Å². The third kappa shape index (κ3) is 5.68. The van der Waals surface area contributed by atoms with Gasteiger partial charge in [0.05, 0.1) is 0 Å². The van der Waals surface area contributed by atoms with Crippen molar-refractivity contribution in [3.05, 3.63) is 29.8 Å². The van der Waals surface area contributed by atoms with Crippen LogP contribution in [0.3, 0.4) is 0 Å². The molecule has 3 rings (SSSR count). The molecule has 1 amide bonds. The zero-order valence-corrected chi connectivity index (χ0v) is 18.4. The van der Waals surface area contributed by atoms with E-state index in [1.807, 2.05) is 11.8 Å². The van der Waals surface area contributed by atoms with Crippen LogP contribution in [0.25, 0.3) is 0 Å². The summed E-state index contributed by atoms with van der Waals surface area (Å²) in [7, 11) is 0. The van der Waals surface area contributed by atoms with Gasteiger partial charge in [0.15, 0.2) is 5.96 Å². The smallest absolute Gasteiger partial charge is 0.244 e. The van der Waals surface area contributed by atoms with Gasteiger partial charge in [-0.3, -0.25) is 4.79 Å². The Morgan fingerprint density at radius 2 is 1.89 bits per heavy atom. The number of rotatable bonds is 5. The highest BCUT2D eigenvalue weighted by molar-refractivity contribution is 14.0. The molecule has 2 N–H and O–H groups in total.